The molecule has 9 heteroatoms. The van der Waals surface area contributed by atoms with Crippen LogP contribution in [0, 0.1) is 5.82 Å². The van der Waals surface area contributed by atoms with Gasteiger partial charge in [-0.1, -0.05) is 35.9 Å². The number of fused-ring (bicyclic) bond motifs is 1. The number of amides is 1. The Labute approximate surface area is 206 Å². The lowest BCUT2D eigenvalue weighted by Gasteiger charge is -2.36. The molecule has 0 atom stereocenters. The Kier molecular flexibility index (Phi) is 6.54. The van der Waals surface area contributed by atoms with Gasteiger partial charge >= 0.3 is 0 Å². The molecule has 0 unspecified atom stereocenters. The molecule has 3 heterocycles. The van der Waals surface area contributed by atoms with Crippen LogP contribution in [0.5, 0.6) is 0 Å². The fourth-order valence-corrected chi connectivity index (χ4v) is 5.42. The molecule has 1 aliphatic heterocycles. The molecule has 0 saturated carbocycles. The van der Waals surface area contributed by atoms with E-state index in [2.05, 4.69) is 20.2 Å². The molecule has 2 aromatic heterocycles. The minimum absolute atomic E-state index is 0.0757. The second kappa shape index (κ2) is 9.74. The molecule has 6 nitrogen and oxygen atoms in total. The highest BCUT2D eigenvalue weighted by Gasteiger charge is 2.20. The van der Waals surface area contributed by atoms with Crippen molar-refractivity contribution < 1.29 is 9.18 Å². The maximum atomic E-state index is 14.0. The summed E-state index contributed by atoms with van der Waals surface area (Å²) in [6, 6.07) is 16.4. The molecule has 1 N–H and O–H groups in total. The van der Waals surface area contributed by atoms with E-state index in [0.717, 1.165) is 54.2 Å². The van der Waals surface area contributed by atoms with E-state index in [0.29, 0.717) is 22.1 Å². The van der Waals surface area contributed by atoms with Crippen LogP contribution in [-0.2, 0) is 7.05 Å². The number of hydrogen-bond donors (Lipinski definition) is 1. The number of benzene rings is 2. The summed E-state index contributed by atoms with van der Waals surface area (Å²) in [7, 11) is 1.89. The summed E-state index contributed by atoms with van der Waals surface area (Å²) >= 11 is 7.46. The first-order chi connectivity index (χ1) is 16.5. The highest BCUT2D eigenvalue weighted by Crippen LogP contribution is 2.34. The molecule has 5 rings (SSSR count). The summed E-state index contributed by atoms with van der Waals surface area (Å²) in [6.07, 6.45) is 0. The largest absolute Gasteiger partial charge is 0.367 e. The van der Waals surface area contributed by atoms with Crippen molar-refractivity contribution in [2.45, 2.75) is 0 Å². The number of anilines is 1. The summed E-state index contributed by atoms with van der Waals surface area (Å²) in [5, 5.41) is 9.31. The van der Waals surface area contributed by atoms with E-state index in [9.17, 15) is 9.18 Å². The van der Waals surface area contributed by atoms with Gasteiger partial charge in [0.25, 0.3) is 5.91 Å². The highest BCUT2D eigenvalue weighted by atomic mass is 35.5. The van der Waals surface area contributed by atoms with Crippen molar-refractivity contribution in [3.05, 3.63) is 70.3 Å². The van der Waals surface area contributed by atoms with Crippen LogP contribution >= 0.6 is 22.9 Å². The van der Waals surface area contributed by atoms with Crippen LogP contribution < -0.4 is 10.2 Å². The minimum atomic E-state index is -0.180. The number of nitrogens with one attached hydrogen (secondary N) is 1. The number of hydrogen-bond acceptors (Lipinski definition) is 5. The van der Waals surface area contributed by atoms with Crippen molar-refractivity contribution in [3.63, 3.8) is 0 Å². The zero-order chi connectivity index (χ0) is 23.7. The standard InChI is InChI=1S/C25H25ClFN5OS/c1-30-25-19(23(29-30)17-6-8-18(26)9-7-17)16-22(34-25)24(33)28-10-11-31-12-14-32(15-13-31)21-5-3-2-4-20(21)27/h2-9,16H,10-15H2,1H3,(H,28,33). The first-order valence-electron chi connectivity index (χ1n) is 11.2. The topological polar surface area (TPSA) is 53.4 Å². The van der Waals surface area contributed by atoms with Gasteiger partial charge in [-0.3, -0.25) is 14.4 Å². The Morgan fingerprint density at radius 2 is 1.85 bits per heavy atom. The van der Waals surface area contributed by atoms with Gasteiger partial charge in [0.05, 0.1) is 10.6 Å². The zero-order valence-corrected chi connectivity index (χ0v) is 20.4. The molecule has 1 amide bonds. The van der Waals surface area contributed by atoms with Crippen molar-refractivity contribution in [1.82, 2.24) is 20.0 Å². The number of carbonyl (C=O) groups excluding carboxylic acids is 1. The van der Waals surface area contributed by atoms with Crippen LogP contribution in [0.2, 0.25) is 5.02 Å². The number of piperazine rings is 1. The Morgan fingerprint density at radius 1 is 1.12 bits per heavy atom. The van der Waals surface area contributed by atoms with Crippen LogP contribution in [-0.4, -0.2) is 59.9 Å². The van der Waals surface area contributed by atoms with E-state index in [4.69, 9.17) is 11.6 Å². The van der Waals surface area contributed by atoms with Gasteiger partial charge in [0.2, 0.25) is 0 Å². The van der Waals surface area contributed by atoms with Crippen LogP contribution in [0.4, 0.5) is 10.1 Å². The van der Waals surface area contributed by atoms with Gasteiger partial charge in [-0.2, -0.15) is 5.10 Å². The third kappa shape index (κ3) is 4.66. The van der Waals surface area contributed by atoms with Crippen LogP contribution in [0.25, 0.3) is 21.5 Å². The van der Waals surface area contributed by atoms with E-state index in [1.807, 2.05) is 54.2 Å². The number of rotatable bonds is 6. The van der Waals surface area contributed by atoms with Gasteiger partial charge in [0, 0.05) is 62.3 Å². The second-order valence-electron chi connectivity index (χ2n) is 8.34. The second-order valence-corrected chi connectivity index (χ2v) is 9.81. The number of thiophene rings is 1. The van der Waals surface area contributed by atoms with Crippen LogP contribution in [0.1, 0.15) is 9.67 Å². The van der Waals surface area contributed by atoms with Crippen molar-refractivity contribution in [1.29, 1.82) is 0 Å². The van der Waals surface area contributed by atoms with E-state index in [-0.39, 0.29) is 11.7 Å². The number of aryl methyl sites for hydroxylation is 1. The van der Waals surface area contributed by atoms with Gasteiger partial charge in [0.1, 0.15) is 16.3 Å². The van der Waals surface area contributed by atoms with E-state index in [1.165, 1.54) is 17.4 Å². The number of halogens is 2. The van der Waals surface area contributed by atoms with Gasteiger partial charge < -0.3 is 10.2 Å². The molecule has 34 heavy (non-hydrogen) atoms. The average molecular weight is 498 g/mol. The Hall–Kier alpha value is -2.94. The normalized spacial score (nSPS) is 14.6. The lowest BCUT2D eigenvalue weighted by molar-refractivity contribution is 0.0952. The van der Waals surface area contributed by atoms with Crippen molar-refractivity contribution >= 4 is 44.7 Å². The van der Waals surface area contributed by atoms with Crippen LogP contribution in [0.3, 0.4) is 0 Å². The number of para-hydroxylation sites is 1. The minimum Gasteiger partial charge on any atom is -0.367 e. The molecule has 1 aliphatic rings. The number of nitrogens with zero attached hydrogens (tertiary/aromatic N) is 4. The Bertz CT molecular complexity index is 1310. The van der Waals surface area contributed by atoms with Gasteiger partial charge in [-0.05, 0) is 30.3 Å². The average Bonchev–Trinajstić information content (AvgIpc) is 3.41. The fraction of sp³-hybridized carbons (Fsp3) is 0.280. The summed E-state index contributed by atoms with van der Waals surface area (Å²) in [5.74, 6) is -0.255. The predicted molar refractivity (Wildman–Crippen MR) is 136 cm³/mol. The molecular formula is C25H25ClFN5OS. The molecular weight excluding hydrogens is 473 g/mol. The van der Waals surface area contributed by atoms with Gasteiger partial charge in [0.15, 0.2) is 0 Å². The molecule has 1 fully saturated rings. The van der Waals surface area contributed by atoms with Crippen LogP contribution in [0.15, 0.2) is 54.6 Å². The van der Waals surface area contributed by atoms with E-state index < -0.39 is 0 Å². The monoisotopic (exact) mass is 497 g/mol. The molecule has 0 radical (unpaired) electrons. The van der Waals surface area contributed by atoms with E-state index in [1.54, 1.807) is 6.07 Å². The lowest BCUT2D eigenvalue weighted by atomic mass is 10.1. The first-order valence-corrected chi connectivity index (χ1v) is 12.4. The van der Waals surface area contributed by atoms with E-state index >= 15 is 0 Å². The van der Waals surface area contributed by atoms with Crippen molar-refractivity contribution in [2.24, 2.45) is 7.05 Å². The third-order valence-electron chi connectivity index (χ3n) is 6.13. The maximum absolute atomic E-state index is 14.0. The van der Waals surface area contributed by atoms with Crippen molar-refractivity contribution in [3.8, 4) is 11.3 Å². The van der Waals surface area contributed by atoms with Crippen molar-refractivity contribution in [2.75, 3.05) is 44.2 Å². The summed E-state index contributed by atoms with van der Waals surface area (Å²) in [6.45, 7) is 4.54. The molecule has 0 aliphatic carbocycles. The molecule has 176 valence electrons. The quantitative estimate of drug-likeness (QED) is 0.421. The highest BCUT2D eigenvalue weighted by molar-refractivity contribution is 7.20. The summed E-state index contributed by atoms with van der Waals surface area (Å²) in [5.41, 5.74) is 2.47. The van der Waals surface area contributed by atoms with Gasteiger partial charge in [-0.15, -0.1) is 11.3 Å². The molecule has 0 bridgehead atoms. The lowest BCUT2D eigenvalue weighted by Crippen LogP contribution is -2.48. The predicted octanol–water partition coefficient (Wildman–Crippen LogP) is 4.65. The molecule has 1 saturated heterocycles. The SMILES string of the molecule is Cn1nc(-c2ccc(Cl)cc2)c2cc(C(=O)NCCN3CCN(c4ccccc4F)CC3)sc21. The van der Waals surface area contributed by atoms with Gasteiger partial charge in [-0.25, -0.2) is 4.39 Å². The zero-order valence-electron chi connectivity index (χ0n) is 18.8. The number of aromatic nitrogens is 2. The Morgan fingerprint density at radius 3 is 2.59 bits per heavy atom. The Balaban J connectivity index is 1.17. The third-order valence-corrected chi connectivity index (χ3v) is 7.58. The smallest absolute Gasteiger partial charge is 0.261 e. The fourth-order valence-electron chi connectivity index (χ4n) is 4.31. The first kappa shape index (κ1) is 22.8. The molecule has 0 spiro atoms. The number of carbonyl (C=O) groups is 1. The molecule has 2 aromatic carbocycles. The summed E-state index contributed by atoms with van der Waals surface area (Å²) in [4.78, 5) is 18.8. The maximum Gasteiger partial charge on any atom is 0.261 e. The molecule has 4 aromatic rings. The summed E-state index contributed by atoms with van der Waals surface area (Å²) < 4.78 is 15.8.